The van der Waals surface area contributed by atoms with Crippen LogP contribution in [0.4, 0.5) is 0 Å². The van der Waals surface area contributed by atoms with E-state index in [9.17, 15) is 9.90 Å². The molecule has 37 heavy (non-hydrogen) atoms. The summed E-state index contributed by atoms with van der Waals surface area (Å²) in [7, 11) is 3.39. The predicted molar refractivity (Wildman–Crippen MR) is 151 cm³/mol. The molecule has 0 radical (unpaired) electrons. The molecule has 0 aliphatic heterocycles. The number of carbonyl (C=O) groups excluding carboxylic acids is 1. The van der Waals surface area contributed by atoms with Crippen molar-refractivity contribution in [2.45, 2.75) is 85.2 Å². The monoisotopic (exact) mass is 518 g/mol. The molecule has 1 heterocycles. The third kappa shape index (κ3) is 8.99. The van der Waals surface area contributed by atoms with E-state index in [4.69, 9.17) is 15.2 Å². The van der Waals surface area contributed by atoms with Gasteiger partial charge in [0.05, 0.1) is 25.3 Å². The lowest BCUT2D eigenvalue weighted by atomic mass is 9.87. The maximum absolute atomic E-state index is 12.7. The molecule has 3 atom stereocenters. The molecule has 0 aliphatic rings. The minimum absolute atomic E-state index is 0.00983. The summed E-state index contributed by atoms with van der Waals surface area (Å²) in [5.41, 5.74) is 8.78. The number of nitrogens with one attached hydrogen (secondary N) is 1. The zero-order chi connectivity index (χ0) is 27.5. The highest BCUT2D eigenvalue weighted by molar-refractivity contribution is 5.87. The molecule has 0 aliphatic carbocycles. The summed E-state index contributed by atoms with van der Waals surface area (Å²) in [5.74, 6) is 0.725. The fraction of sp³-hybridized carbons (Fsp3) is 0.690. The number of unbranched alkanes of at least 4 members (excludes halogenated alkanes) is 1. The molecule has 8 heteroatoms. The average molecular weight is 519 g/mol. The van der Waals surface area contributed by atoms with Gasteiger partial charge in [-0.2, -0.15) is 0 Å². The minimum Gasteiger partial charge on any atom is -0.495 e. The Labute approximate surface area is 223 Å². The number of nitrogens with zero attached hydrogens (tertiary/aromatic N) is 2. The molecule has 0 bridgehead atoms. The van der Waals surface area contributed by atoms with Crippen LogP contribution >= 0.6 is 0 Å². The van der Waals surface area contributed by atoms with Crippen LogP contribution in [0.2, 0.25) is 0 Å². The van der Waals surface area contributed by atoms with E-state index < -0.39 is 12.1 Å². The molecule has 4 N–H and O–H groups in total. The van der Waals surface area contributed by atoms with E-state index in [1.54, 1.807) is 14.2 Å². The maximum atomic E-state index is 12.7. The number of carbonyl (C=O) groups is 1. The van der Waals surface area contributed by atoms with Crippen LogP contribution in [0.3, 0.4) is 0 Å². The Morgan fingerprint density at radius 1 is 1.22 bits per heavy atom. The van der Waals surface area contributed by atoms with Gasteiger partial charge in [-0.3, -0.25) is 9.69 Å². The van der Waals surface area contributed by atoms with Crippen molar-refractivity contribution in [3.05, 3.63) is 30.0 Å². The van der Waals surface area contributed by atoms with Crippen LogP contribution < -0.4 is 15.8 Å². The lowest BCUT2D eigenvalue weighted by molar-refractivity contribution is -0.127. The highest BCUT2D eigenvalue weighted by Crippen LogP contribution is 2.29. The van der Waals surface area contributed by atoms with Crippen molar-refractivity contribution in [2.24, 2.45) is 17.6 Å². The minimum atomic E-state index is -0.761. The standard InChI is InChI=1S/C29H50N4O4/c1-8-9-12-31-29(35)24(20(2)3)16-27(34)25(30)18-33(21(4)5)17-22-10-11-23-26(15-22)32(13-14-36-6)19-28(23)37-7/h10-11,15,19-21,24-25,27,34H,8-9,12-14,16-18,30H2,1-7H3,(H,31,35)/t24-,25-,27-/m0/s1. The van der Waals surface area contributed by atoms with Gasteiger partial charge in [0.25, 0.3) is 0 Å². The Morgan fingerprint density at radius 3 is 2.54 bits per heavy atom. The smallest absolute Gasteiger partial charge is 0.223 e. The summed E-state index contributed by atoms with van der Waals surface area (Å²) in [6.07, 6.45) is 3.61. The van der Waals surface area contributed by atoms with Crippen LogP contribution in [-0.4, -0.2) is 72.6 Å². The highest BCUT2D eigenvalue weighted by atomic mass is 16.5. The first-order chi connectivity index (χ1) is 17.6. The summed E-state index contributed by atoms with van der Waals surface area (Å²) in [6.45, 7) is 13.7. The number of aliphatic hydroxyl groups is 1. The number of amides is 1. The molecule has 1 aromatic carbocycles. The number of rotatable bonds is 17. The fourth-order valence-electron chi connectivity index (χ4n) is 4.66. The molecular formula is C29H50N4O4. The number of nitrogens with two attached hydrogens (primary N) is 1. The van der Waals surface area contributed by atoms with E-state index in [0.717, 1.165) is 41.6 Å². The topological polar surface area (TPSA) is 102 Å². The molecule has 0 fully saturated rings. The van der Waals surface area contributed by atoms with Gasteiger partial charge in [0, 0.05) is 62.9 Å². The molecule has 0 saturated heterocycles. The summed E-state index contributed by atoms with van der Waals surface area (Å²) in [4.78, 5) is 15.0. The van der Waals surface area contributed by atoms with Crippen LogP contribution in [-0.2, 0) is 22.6 Å². The molecule has 2 aromatic rings. The van der Waals surface area contributed by atoms with Gasteiger partial charge in [-0.25, -0.2) is 0 Å². The number of fused-ring (bicyclic) bond motifs is 1. The highest BCUT2D eigenvalue weighted by Gasteiger charge is 2.29. The van der Waals surface area contributed by atoms with Crippen molar-refractivity contribution in [1.82, 2.24) is 14.8 Å². The van der Waals surface area contributed by atoms with Crippen LogP contribution in [0.5, 0.6) is 5.75 Å². The Kier molecular flexibility index (Phi) is 12.9. The third-order valence-corrected chi connectivity index (χ3v) is 7.19. The Bertz CT molecular complexity index is 959. The average Bonchev–Trinajstić information content (AvgIpc) is 3.21. The van der Waals surface area contributed by atoms with E-state index in [0.29, 0.717) is 32.7 Å². The first-order valence-electron chi connectivity index (χ1n) is 13.7. The van der Waals surface area contributed by atoms with Crippen LogP contribution in [0.25, 0.3) is 10.9 Å². The number of aliphatic hydroxyl groups excluding tert-OH is 1. The van der Waals surface area contributed by atoms with Crippen LogP contribution in [0.1, 0.15) is 59.4 Å². The molecule has 2 rings (SSSR count). The first-order valence-corrected chi connectivity index (χ1v) is 13.7. The van der Waals surface area contributed by atoms with Gasteiger partial charge in [0.15, 0.2) is 0 Å². The summed E-state index contributed by atoms with van der Waals surface area (Å²) < 4.78 is 13.0. The summed E-state index contributed by atoms with van der Waals surface area (Å²) in [5, 5.41) is 15.1. The van der Waals surface area contributed by atoms with Gasteiger partial charge in [-0.05, 0) is 50.3 Å². The first kappa shape index (κ1) is 31.1. The lowest BCUT2D eigenvalue weighted by Gasteiger charge is -2.32. The summed E-state index contributed by atoms with van der Waals surface area (Å²) in [6, 6.07) is 6.20. The maximum Gasteiger partial charge on any atom is 0.223 e. The second-order valence-corrected chi connectivity index (χ2v) is 10.7. The van der Waals surface area contributed by atoms with Gasteiger partial charge >= 0.3 is 0 Å². The van der Waals surface area contributed by atoms with Crippen molar-refractivity contribution in [3.8, 4) is 5.75 Å². The van der Waals surface area contributed by atoms with Gasteiger partial charge in [0.1, 0.15) is 5.75 Å². The zero-order valence-electron chi connectivity index (χ0n) is 24.0. The predicted octanol–water partition coefficient (Wildman–Crippen LogP) is 3.77. The second-order valence-electron chi connectivity index (χ2n) is 10.7. The second kappa shape index (κ2) is 15.3. The van der Waals surface area contributed by atoms with Gasteiger partial charge in [-0.1, -0.05) is 33.3 Å². The number of benzene rings is 1. The lowest BCUT2D eigenvalue weighted by Crippen LogP contribution is -2.48. The van der Waals surface area contributed by atoms with Crippen molar-refractivity contribution in [3.63, 3.8) is 0 Å². The molecule has 1 aromatic heterocycles. The number of methoxy groups -OCH3 is 2. The Hall–Kier alpha value is -2.13. The quantitative estimate of drug-likeness (QED) is 0.276. The van der Waals surface area contributed by atoms with Crippen molar-refractivity contribution >= 4 is 16.8 Å². The molecule has 0 unspecified atom stereocenters. The Balaban J connectivity index is 2.11. The van der Waals surface area contributed by atoms with Gasteiger partial charge < -0.3 is 30.2 Å². The molecule has 0 saturated carbocycles. The van der Waals surface area contributed by atoms with E-state index in [1.165, 1.54) is 0 Å². The Morgan fingerprint density at radius 2 is 1.95 bits per heavy atom. The van der Waals surface area contributed by atoms with Crippen molar-refractivity contribution in [1.29, 1.82) is 0 Å². The molecule has 0 spiro atoms. The van der Waals surface area contributed by atoms with E-state index >= 15 is 0 Å². The fourth-order valence-corrected chi connectivity index (χ4v) is 4.66. The normalized spacial score (nSPS) is 14.5. The third-order valence-electron chi connectivity index (χ3n) is 7.19. The molecule has 8 nitrogen and oxygen atoms in total. The van der Waals surface area contributed by atoms with E-state index in [2.05, 4.69) is 53.8 Å². The largest absolute Gasteiger partial charge is 0.495 e. The molecule has 210 valence electrons. The number of hydrogen-bond acceptors (Lipinski definition) is 6. The number of hydrogen-bond donors (Lipinski definition) is 3. The van der Waals surface area contributed by atoms with E-state index in [-0.39, 0.29) is 23.8 Å². The van der Waals surface area contributed by atoms with Gasteiger partial charge in [-0.15, -0.1) is 0 Å². The number of ether oxygens (including phenoxy) is 2. The van der Waals surface area contributed by atoms with Gasteiger partial charge in [0.2, 0.25) is 5.91 Å². The molecular weight excluding hydrogens is 468 g/mol. The van der Waals surface area contributed by atoms with Crippen LogP contribution in [0, 0.1) is 11.8 Å². The summed E-state index contributed by atoms with van der Waals surface area (Å²) >= 11 is 0. The number of aromatic nitrogens is 1. The zero-order valence-corrected chi connectivity index (χ0v) is 24.0. The van der Waals surface area contributed by atoms with Crippen molar-refractivity contribution in [2.75, 3.05) is 33.9 Å². The SMILES string of the molecule is CCCCNC(=O)[C@@H](C[C@H](O)[C@@H](N)CN(Cc1ccc2c(OC)cn(CCOC)c2c1)C(C)C)C(C)C. The van der Waals surface area contributed by atoms with E-state index in [1.807, 2.05) is 20.0 Å². The van der Waals surface area contributed by atoms with Crippen LogP contribution in [0.15, 0.2) is 24.4 Å². The van der Waals surface area contributed by atoms with Crippen molar-refractivity contribution < 1.29 is 19.4 Å². The molecule has 1 amide bonds.